The molecule has 0 saturated heterocycles. The van der Waals surface area contributed by atoms with Gasteiger partial charge in [-0.3, -0.25) is 18.9 Å². The molecular formula is C10H19N3O5S. The molecule has 1 aromatic heterocycles. The second-order valence-corrected chi connectivity index (χ2v) is 6.06. The standard InChI is InChI=1S/C10H19N3O5S/c1-11-19(16,17)7-8(18-2)3-5-13-6-4-9(14)12-10(13)15/h4,6,8,11,16-17H,3,5,7H2,1-2H3,(H,12,14,15)/t8-/m0/s1. The summed E-state index contributed by atoms with van der Waals surface area (Å²) >= 11 is 0. The second kappa shape index (κ2) is 6.87. The van der Waals surface area contributed by atoms with Gasteiger partial charge in [0.05, 0.1) is 11.9 Å². The summed E-state index contributed by atoms with van der Waals surface area (Å²) in [6, 6.07) is 1.25. The van der Waals surface area contributed by atoms with Crippen molar-refractivity contribution in [3.63, 3.8) is 0 Å². The Morgan fingerprint density at radius 2 is 2.21 bits per heavy atom. The van der Waals surface area contributed by atoms with E-state index in [1.165, 1.54) is 31.0 Å². The fourth-order valence-corrected chi connectivity index (χ4v) is 2.50. The summed E-state index contributed by atoms with van der Waals surface area (Å²) in [6.45, 7) is 0.313. The van der Waals surface area contributed by atoms with Gasteiger partial charge in [-0.2, -0.15) is 0 Å². The topological polar surface area (TPSA) is 117 Å². The van der Waals surface area contributed by atoms with Crippen LogP contribution in [0.5, 0.6) is 0 Å². The number of aryl methyl sites for hydroxylation is 1. The van der Waals surface area contributed by atoms with E-state index in [1.54, 1.807) is 0 Å². The first-order valence-electron chi connectivity index (χ1n) is 5.65. The fraction of sp³-hybridized carbons (Fsp3) is 0.600. The lowest BCUT2D eigenvalue weighted by Crippen LogP contribution is -2.32. The Kier molecular flexibility index (Phi) is 5.76. The van der Waals surface area contributed by atoms with Gasteiger partial charge in [-0.15, -0.1) is 10.8 Å². The lowest BCUT2D eigenvalue weighted by atomic mass is 10.3. The first kappa shape index (κ1) is 15.9. The van der Waals surface area contributed by atoms with Gasteiger partial charge >= 0.3 is 5.69 Å². The number of methoxy groups -OCH3 is 1. The van der Waals surface area contributed by atoms with Gasteiger partial charge < -0.3 is 9.30 Å². The predicted octanol–water partition coefficient (Wildman–Crippen LogP) is -0.173. The Morgan fingerprint density at radius 3 is 2.74 bits per heavy atom. The third-order valence-corrected chi connectivity index (χ3v) is 4.16. The molecule has 1 aromatic rings. The highest BCUT2D eigenvalue weighted by atomic mass is 32.3. The first-order valence-corrected chi connectivity index (χ1v) is 7.36. The molecule has 0 amide bonds. The molecule has 0 aliphatic carbocycles. The highest BCUT2D eigenvalue weighted by molar-refractivity contribution is 8.22. The molecule has 0 unspecified atom stereocenters. The Bertz CT molecular complexity index is 512. The summed E-state index contributed by atoms with van der Waals surface area (Å²) < 4.78 is 28.0. The lowest BCUT2D eigenvalue weighted by molar-refractivity contribution is 0.107. The molecule has 0 radical (unpaired) electrons. The van der Waals surface area contributed by atoms with Crippen LogP contribution in [0.25, 0.3) is 0 Å². The molecule has 0 bridgehead atoms. The van der Waals surface area contributed by atoms with Crippen molar-refractivity contribution in [2.75, 3.05) is 19.9 Å². The average Bonchev–Trinajstić information content (AvgIpc) is 2.36. The molecule has 19 heavy (non-hydrogen) atoms. The largest absolute Gasteiger partial charge is 0.380 e. The lowest BCUT2D eigenvalue weighted by Gasteiger charge is -2.34. The monoisotopic (exact) mass is 293 g/mol. The highest BCUT2D eigenvalue weighted by Crippen LogP contribution is 2.34. The van der Waals surface area contributed by atoms with Crippen LogP contribution in [0, 0.1) is 0 Å². The van der Waals surface area contributed by atoms with Gasteiger partial charge in [-0.05, 0) is 6.42 Å². The van der Waals surface area contributed by atoms with Crippen LogP contribution in [0.2, 0.25) is 0 Å². The molecule has 1 atom stereocenters. The minimum atomic E-state index is -2.87. The van der Waals surface area contributed by atoms with Crippen LogP contribution in [-0.2, 0) is 11.3 Å². The summed E-state index contributed by atoms with van der Waals surface area (Å²) in [5.41, 5.74) is -0.948. The smallest absolute Gasteiger partial charge is 0.328 e. The van der Waals surface area contributed by atoms with E-state index in [9.17, 15) is 18.7 Å². The van der Waals surface area contributed by atoms with Crippen molar-refractivity contribution in [2.24, 2.45) is 0 Å². The first-order chi connectivity index (χ1) is 8.88. The third kappa shape index (κ3) is 5.17. The van der Waals surface area contributed by atoms with Crippen molar-refractivity contribution < 1.29 is 13.8 Å². The van der Waals surface area contributed by atoms with Crippen LogP contribution in [0.15, 0.2) is 21.9 Å². The minimum Gasteiger partial charge on any atom is -0.380 e. The van der Waals surface area contributed by atoms with E-state index < -0.39 is 28.1 Å². The maximum atomic E-state index is 11.4. The minimum absolute atomic E-state index is 0.0398. The van der Waals surface area contributed by atoms with Crippen molar-refractivity contribution in [2.45, 2.75) is 19.1 Å². The van der Waals surface area contributed by atoms with Gasteiger partial charge in [-0.1, -0.05) is 0 Å². The van der Waals surface area contributed by atoms with Crippen LogP contribution < -0.4 is 16.0 Å². The number of hydrogen-bond acceptors (Lipinski definition) is 6. The number of H-pyrrole nitrogens is 1. The maximum Gasteiger partial charge on any atom is 0.328 e. The molecule has 1 rings (SSSR count). The molecule has 110 valence electrons. The Labute approximate surface area is 111 Å². The molecule has 0 saturated carbocycles. The van der Waals surface area contributed by atoms with Crippen LogP contribution in [0.4, 0.5) is 0 Å². The molecule has 0 fully saturated rings. The van der Waals surface area contributed by atoms with E-state index in [0.29, 0.717) is 13.0 Å². The second-order valence-electron chi connectivity index (χ2n) is 3.99. The molecule has 4 N–H and O–H groups in total. The van der Waals surface area contributed by atoms with Crippen LogP contribution in [0.3, 0.4) is 0 Å². The summed E-state index contributed by atoms with van der Waals surface area (Å²) in [5, 5.41) is 0. The van der Waals surface area contributed by atoms with Crippen LogP contribution >= 0.6 is 10.8 Å². The number of ether oxygens (including phenoxy) is 1. The zero-order chi connectivity index (χ0) is 14.5. The number of nitrogens with zero attached hydrogens (tertiary/aromatic N) is 1. The number of aromatic nitrogens is 2. The van der Waals surface area contributed by atoms with Crippen molar-refractivity contribution in [1.82, 2.24) is 14.3 Å². The number of rotatable bonds is 7. The third-order valence-electron chi connectivity index (χ3n) is 2.67. The van der Waals surface area contributed by atoms with Crippen molar-refractivity contribution in [3.8, 4) is 0 Å². The highest BCUT2D eigenvalue weighted by Gasteiger charge is 2.18. The van der Waals surface area contributed by atoms with Gasteiger partial charge in [-0.25, -0.2) is 9.52 Å². The molecule has 9 heteroatoms. The quantitative estimate of drug-likeness (QED) is 0.554. The Hall–Kier alpha value is -1.13. The number of aromatic amines is 1. The van der Waals surface area contributed by atoms with Crippen molar-refractivity contribution in [3.05, 3.63) is 33.1 Å². The molecule has 8 nitrogen and oxygen atoms in total. The zero-order valence-electron chi connectivity index (χ0n) is 10.8. The van der Waals surface area contributed by atoms with Crippen LogP contribution in [-0.4, -0.2) is 44.7 Å². The summed E-state index contributed by atoms with van der Waals surface area (Å²) in [6.07, 6.45) is 1.40. The SMILES string of the molecule is CNS(O)(O)C[C@H](CCn1ccc(=O)[nH]c1=O)OC. The molecule has 0 aliphatic heterocycles. The van der Waals surface area contributed by atoms with Gasteiger partial charge in [0.15, 0.2) is 0 Å². The fourth-order valence-electron chi connectivity index (χ4n) is 1.52. The van der Waals surface area contributed by atoms with Gasteiger partial charge in [0.2, 0.25) is 0 Å². The van der Waals surface area contributed by atoms with Crippen molar-refractivity contribution >= 4 is 10.8 Å². The molecule has 0 aromatic carbocycles. The van der Waals surface area contributed by atoms with Crippen molar-refractivity contribution in [1.29, 1.82) is 0 Å². The molecule has 1 heterocycles. The van der Waals surface area contributed by atoms with Gasteiger partial charge in [0.25, 0.3) is 5.56 Å². The normalized spacial score (nSPS) is 14.3. The molecule has 0 spiro atoms. The van der Waals surface area contributed by atoms with E-state index in [4.69, 9.17) is 4.74 Å². The summed E-state index contributed by atoms with van der Waals surface area (Å²) in [5.74, 6) is 0.0398. The maximum absolute atomic E-state index is 11.4. The summed E-state index contributed by atoms with van der Waals surface area (Å²) in [4.78, 5) is 24.5. The van der Waals surface area contributed by atoms with E-state index in [1.807, 2.05) is 0 Å². The Morgan fingerprint density at radius 1 is 1.53 bits per heavy atom. The van der Waals surface area contributed by atoms with E-state index in [-0.39, 0.29) is 5.75 Å². The average molecular weight is 293 g/mol. The number of nitrogens with one attached hydrogen (secondary N) is 2. The van der Waals surface area contributed by atoms with Gasteiger partial charge in [0, 0.05) is 33.0 Å². The zero-order valence-corrected chi connectivity index (χ0v) is 11.6. The Balaban J connectivity index is 2.63. The molecule has 0 aliphatic rings. The number of hydrogen-bond donors (Lipinski definition) is 4. The van der Waals surface area contributed by atoms with E-state index >= 15 is 0 Å². The predicted molar refractivity (Wildman–Crippen MR) is 73.5 cm³/mol. The molecular weight excluding hydrogens is 274 g/mol. The van der Waals surface area contributed by atoms with E-state index in [0.717, 1.165) is 0 Å². The van der Waals surface area contributed by atoms with E-state index in [2.05, 4.69) is 9.71 Å². The van der Waals surface area contributed by atoms with Gasteiger partial charge in [0.1, 0.15) is 0 Å². The summed E-state index contributed by atoms with van der Waals surface area (Å²) in [7, 11) is 0.0444. The van der Waals surface area contributed by atoms with Crippen LogP contribution in [0.1, 0.15) is 6.42 Å².